The summed E-state index contributed by atoms with van der Waals surface area (Å²) in [5.41, 5.74) is 0.340. The first-order chi connectivity index (χ1) is 5.24. The van der Waals surface area contributed by atoms with Gasteiger partial charge in [0.25, 0.3) is 0 Å². The standard InChI is InChI=1S/C8H6ClFO/c9-7-1-2-8(10)6(5-7)3-4-11/h1-2,4-5H,3H2. The number of rotatable bonds is 2. The molecular formula is C8H6ClFO. The highest BCUT2D eigenvalue weighted by atomic mass is 35.5. The van der Waals surface area contributed by atoms with Gasteiger partial charge in [0.15, 0.2) is 0 Å². The Hall–Kier alpha value is -0.890. The highest BCUT2D eigenvalue weighted by Crippen LogP contribution is 2.14. The third kappa shape index (κ3) is 2.02. The molecule has 0 aliphatic heterocycles. The lowest BCUT2D eigenvalue weighted by Crippen LogP contribution is -1.90. The molecule has 0 radical (unpaired) electrons. The zero-order chi connectivity index (χ0) is 8.27. The smallest absolute Gasteiger partial charge is 0.126 e. The van der Waals surface area contributed by atoms with Gasteiger partial charge in [-0.25, -0.2) is 4.39 Å². The molecule has 0 aromatic heterocycles. The molecule has 11 heavy (non-hydrogen) atoms. The normalized spacial score (nSPS) is 9.64. The summed E-state index contributed by atoms with van der Waals surface area (Å²) < 4.78 is 12.7. The number of aldehydes is 1. The lowest BCUT2D eigenvalue weighted by molar-refractivity contribution is -0.107. The van der Waals surface area contributed by atoms with Gasteiger partial charge in [-0.15, -0.1) is 0 Å². The first-order valence-electron chi connectivity index (χ1n) is 3.11. The maximum atomic E-state index is 12.7. The van der Waals surface area contributed by atoms with Crippen LogP contribution in [-0.4, -0.2) is 6.29 Å². The van der Waals surface area contributed by atoms with E-state index in [2.05, 4.69) is 0 Å². The van der Waals surface area contributed by atoms with E-state index in [-0.39, 0.29) is 12.2 Å². The third-order valence-corrected chi connectivity index (χ3v) is 1.55. The number of carbonyl (C=O) groups is 1. The molecular weight excluding hydrogens is 167 g/mol. The Morgan fingerprint density at radius 1 is 1.55 bits per heavy atom. The first kappa shape index (κ1) is 8.21. The van der Waals surface area contributed by atoms with E-state index < -0.39 is 0 Å². The lowest BCUT2D eigenvalue weighted by atomic mass is 10.1. The molecule has 0 aliphatic rings. The van der Waals surface area contributed by atoms with Crippen LogP contribution in [0.4, 0.5) is 4.39 Å². The monoisotopic (exact) mass is 172 g/mol. The summed E-state index contributed by atoms with van der Waals surface area (Å²) >= 11 is 5.57. The van der Waals surface area contributed by atoms with Crippen molar-refractivity contribution in [2.75, 3.05) is 0 Å². The van der Waals surface area contributed by atoms with Gasteiger partial charge in [0.1, 0.15) is 12.1 Å². The molecule has 0 fully saturated rings. The molecule has 0 heterocycles. The van der Waals surface area contributed by atoms with Crippen molar-refractivity contribution in [3.8, 4) is 0 Å². The summed E-state index contributed by atoms with van der Waals surface area (Å²) in [6.07, 6.45) is 0.723. The molecule has 0 aliphatic carbocycles. The minimum atomic E-state index is -0.387. The highest BCUT2D eigenvalue weighted by Gasteiger charge is 2.00. The fourth-order valence-electron chi connectivity index (χ4n) is 0.790. The van der Waals surface area contributed by atoms with E-state index in [0.29, 0.717) is 16.9 Å². The summed E-state index contributed by atoms with van der Waals surface area (Å²) in [6, 6.07) is 4.15. The van der Waals surface area contributed by atoms with E-state index in [1.54, 1.807) is 0 Å². The largest absolute Gasteiger partial charge is 0.303 e. The molecule has 1 aromatic rings. The molecule has 3 heteroatoms. The Morgan fingerprint density at radius 2 is 2.27 bits per heavy atom. The Kier molecular flexibility index (Phi) is 2.60. The molecule has 0 spiro atoms. The molecule has 0 saturated heterocycles. The average molecular weight is 173 g/mol. The van der Waals surface area contributed by atoms with Crippen molar-refractivity contribution in [2.45, 2.75) is 6.42 Å². The maximum absolute atomic E-state index is 12.7. The number of benzene rings is 1. The number of hydrogen-bond donors (Lipinski definition) is 0. The van der Waals surface area contributed by atoms with Crippen LogP contribution >= 0.6 is 11.6 Å². The van der Waals surface area contributed by atoms with Crippen molar-refractivity contribution < 1.29 is 9.18 Å². The molecule has 0 amide bonds. The second kappa shape index (κ2) is 3.49. The maximum Gasteiger partial charge on any atom is 0.126 e. The minimum Gasteiger partial charge on any atom is -0.303 e. The van der Waals surface area contributed by atoms with Crippen molar-refractivity contribution in [2.24, 2.45) is 0 Å². The van der Waals surface area contributed by atoms with Gasteiger partial charge in [0, 0.05) is 11.4 Å². The molecule has 0 atom stereocenters. The van der Waals surface area contributed by atoms with E-state index >= 15 is 0 Å². The van der Waals surface area contributed by atoms with E-state index in [9.17, 15) is 9.18 Å². The van der Waals surface area contributed by atoms with E-state index in [1.807, 2.05) is 0 Å². The molecule has 0 bridgehead atoms. The number of halogens is 2. The van der Waals surface area contributed by atoms with E-state index in [0.717, 1.165) is 0 Å². The van der Waals surface area contributed by atoms with Crippen molar-refractivity contribution in [3.05, 3.63) is 34.6 Å². The van der Waals surface area contributed by atoms with Crippen LogP contribution < -0.4 is 0 Å². The Balaban J connectivity index is 3.01. The van der Waals surface area contributed by atoms with Gasteiger partial charge >= 0.3 is 0 Å². The summed E-state index contributed by atoms with van der Waals surface area (Å²) in [7, 11) is 0. The SMILES string of the molecule is O=CCc1cc(Cl)ccc1F. The Morgan fingerprint density at radius 3 is 2.91 bits per heavy atom. The van der Waals surface area contributed by atoms with Crippen LogP contribution in [0.15, 0.2) is 18.2 Å². The highest BCUT2D eigenvalue weighted by molar-refractivity contribution is 6.30. The molecule has 1 aromatic carbocycles. The quantitative estimate of drug-likeness (QED) is 0.626. The van der Waals surface area contributed by atoms with Crippen LogP contribution in [0.25, 0.3) is 0 Å². The summed E-state index contributed by atoms with van der Waals surface area (Å²) in [5.74, 6) is -0.387. The fraction of sp³-hybridized carbons (Fsp3) is 0.125. The minimum absolute atomic E-state index is 0.0758. The summed E-state index contributed by atoms with van der Waals surface area (Å²) in [4.78, 5) is 10.0. The molecule has 0 N–H and O–H groups in total. The van der Waals surface area contributed by atoms with E-state index in [1.165, 1.54) is 18.2 Å². The molecule has 1 rings (SSSR count). The summed E-state index contributed by atoms with van der Waals surface area (Å²) in [6.45, 7) is 0. The van der Waals surface area contributed by atoms with Gasteiger partial charge in [0.2, 0.25) is 0 Å². The van der Waals surface area contributed by atoms with Crippen LogP contribution in [0.3, 0.4) is 0 Å². The number of hydrogen-bond acceptors (Lipinski definition) is 1. The predicted octanol–water partition coefficient (Wildman–Crippen LogP) is 2.22. The molecule has 1 nitrogen and oxygen atoms in total. The van der Waals surface area contributed by atoms with E-state index in [4.69, 9.17) is 11.6 Å². The summed E-state index contributed by atoms with van der Waals surface area (Å²) in [5, 5.41) is 0.447. The van der Waals surface area contributed by atoms with Crippen LogP contribution in [-0.2, 0) is 11.2 Å². The van der Waals surface area contributed by atoms with Crippen LogP contribution in [0.5, 0.6) is 0 Å². The van der Waals surface area contributed by atoms with Crippen molar-refractivity contribution in [1.82, 2.24) is 0 Å². The van der Waals surface area contributed by atoms with Gasteiger partial charge < -0.3 is 4.79 Å². The van der Waals surface area contributed by atoms with Gasteiger partial charge in [-0.2, -0.15) is 0 Å². The van der Waals surface area contributed by atoms with Gasteiger partial charge in [-0.1, -0.05) is 11.6 Å². The average Bonchev–Trinajstić information content (AvgIpc) is 1.98. The van der Waals surface area contributed by atoms with Gasteiger partial charge in [-0.05, 0) is 23.8 Å². The van der Waals surface area contributed by atoms with Crippen molar-refractivity contribution in [3.63, 3.8) is 0 Å². The second-order valence-electron chi connectivity index (χ2n) is 2.11. The third-order valence-electron chi connectivity index (χ3n) is 1.31. The Labute approximate surface area is 68.8 Å². The van der Waals surface area contributed by atoms with Crippen molar-refractivity contribution >= 4 is 17.9 Å². The van der Waals surface area contributed by atoms with Gasteiger partial charge in [-0.3, -0.25) is 0 Å². The lowest BCUT2D eigenvalue weighted by Gasteiger charge is -1.97. The van der Waals surface area contributed by atoms with Gasteiger partial charge in [0.05, 0.1) is 0 Å². The predicted molar refractivity (Wildman–Crippen MR) is 41.2 cm³/mol. The van der Waals surface area contributed by atoms with Crippen LogP contribution in [0.1, 0.15) is 5.56 Å². The molecule has 0 saturated carbocycles. The fourth-order valence-corrected chi connectivity index (χ4v) is 0.984. The first-order valence-corrected chi connectivity index (χ1v) is 3.49. The van der Waals surface area contributed by atoms with Crippen LogP contribution in [0.2, 0.25) is 5.02 Å². The number of carbonyl (C=O) groups excluding carboxylic acids is 1. The molecule has 58 valence electrons. The van der Waals surface area contributed by atoms with Crippen LogP contribution in [0, 0.1) is 5.82 Å². The second-order valence-corrected chi connectivity index (χ2v) is 2.54. The Bertz CT molecular complexity index is 273. The zero-order valence-electron chi connectivity index (χ0n) is 5.68. The topological polar surface area (TPSA) is 17.1 Å². The molecule has 0 unspecified atom stereocenters. The van der Waals surface area contributed by atoms with Crippen molar-refractivity contribution in [1.29, 1.82) is 0 Å². The zero-order valence-corrected chi connectivity index (χ0v) is 6.44.